The summed E-state index contributed by atoms with van der Waals surface area (Å²) in [4.78, 5) is 7.83. The second kappa shape index (κ2) is 7.24. The van der Waals surface area contributed by atoms with E-state index in [2.05, 4.69) is 62.7 Å². The van der Waals surface area contributed by atoms with E-state index in [4.69, 9.17) is 10.7 Å². The van der Waals surface area contributed by atoms with Crippen molar-refractivity contribution in [2.75, 3.05) is 13.1 Å². The SMILES string of the molecule is C=CNC(=NC1(N2CCC(N)CC2)CC1)c1ccc2c(c1)C(C)(C)CCC2(C)C. The van der Waals surface area contributed by atoms with Crippen LogP contribution >= 0.6 is 0 Å². The first-order chi connectivity index (χ1) is 13.7. The van der Waals surface area contributed by atoms with Gasteiger partial charge in [0.25, 0.3) is 0 Å². The molecular formula is C25H38N4. The van der Waals surface area contributed by atoms with Gasteiger partial charge in [-0.2, -0.15) is 0 Å². The summed E-state index contributed by atoms with van der Waals surface area (Å²) in [5.74, 6) is 0.953. The van der Waals surface area contributed by atoms with Crippen LogP contribution in [0.3, 0.4) is 0 Å². The van der Waals surface area contributed by atoms with Gasteiger partial charge in [-0.3, -0.25) is 4.90 Å². The van der Waals surface area contributed by atoms with Gasteiger partial charge in [-0.15, -0.1) is 0 Å². The Morgan fingerprint density at radius 3 is 2.28 bits per heavy atom. The molecule has 0 amide bonds. The number of amidine groups is 1. The zero-order valence-electron chi connectivity index (χ0n) is 18.7. The van der Waals surface area contributed by atoms with Crippen LogP contribution in [-0.4, -0.2) is 35.5 Å². The van der Waals surface area contributed by atoms with Crippen LogP contribution in [0.5, 0.6) is 0 Å². The topological polar surface area (TPSA) is 53.7 Å². The normalized spacial score (nSPS) is 25.9. The third kappa shape index (κ3) is 3.89. The lowest BCUT2D eigenvalue weighted by Gasteiger charge is -2.42. The molecule has 0 bridgehead atoms. The number of piperidine rings is 1. The Labute approximate surface area is 176 Å². The lowest BCUT2D eigenvalue weighted by atomic mass is 9.63. The van der Waals surface area contributed by atoms with Crippen molar-refractivity contribution < 1.29 is 0 Å². The number of nitrogens with one attached hydrogen (secondary N) is 1. The molecule has 0 unspecified atom stereocenters. The van der Waals surface area contributed by atoms with E-state index in [-0.39, 0.29) is 16.5 Å². The molecule has 1 heterocycles. The van der Waals surface area contributed by atoms with Crippen LogP contribution in [0, 0.1) is 0 Å². The van der Waals surface area contributed by atoms with Crippen LogP contribution < -0.4 is 11.1 Å². The van der Waals surface area contributed by atoms with E-state index < -0.39 is 0 Å². The third-order valence-electron chi connectivity index (χ3n) is 7.51. The van der Waals surface area contributed by atoms with E-state index in [1.807, 2.05) is 0 Å². The van der Waals surface area contributed by atoms with E-state index in [0.717, 1.165) is 44.6 Å². The van der Waals surface area contributed by atoms with Gasteiger partial charge in [0.05, 0.1) is 0 Å². The van der Waals surface area contributed by atoms with Crippen molar-refractivity contribution in [3.8, 4) is 0 Å². The summed E-state index contributed by atoms with van der Waals surface area (Å²) in [7, 11) is 0. The van der Waals surface area contributed by atoms with Crippen LogP contribution in [0.2, 0.25) is 0 Å². The van der Waals surface area contributed by atoms with E-state index in [1.165, 1.54) is 29.5 Å². The Bertz CT molecular complexity index is 808. The van der Waals surface area contributed by atoms with Gasteiger partial charge in [-0.1, -0.05) is 46.4 Å². The van der Waals surface area contributed by atoms with Crippen molar-refractivity contribution in [2.45, 2.75) is 88.8 Å². The van der Waals surface area contributed by atoms with Crippen molar-refractivity contribution in [1.29, 1.82) is 0 Å². The summed E-state index contributed by atoms with van der Waals surface area (Å²) in [6, 6.07) is 7.32. The van der Waals surface area contributed by atoms with Crippen molar-refractivity contribution >= 4 is 5.84 Å². The Balaban J connectivity index is 1.70. The lowest BCUT2D eigenvalue weighted by molar-refractivity contribution is 0.141. The van der Waals surface area contributed by atoms with Gasteiger partial charge in [0.15, 0.2) is 0 Å². The average molecular weight is 395 g/mol. The molecule has 4 rings (SSSR count). The molecule has 1 aromatic carbocycles. The monoisotopic (exact) mass is 394 g/mol. The first-order valence-electron chi connectivity index (χ1n) is 11.3. The largest absolute Gasteiger partial charge is 0.347 e. The minimum Gasteiger partial charge on any atom is -0.347 e. The number of hydrogen-bond acceptors (Lipinski definition) is 3. The zero-order chi connectivity index (χ0) is 20.9. The molecular weight excluding hydrogens is 356 g/mol. The summed E-state index contributed by atoms with van der Waals surface area (Å²) < 4.78 is 0. The van der Waals surface area contributed by atoms with Crippen LogP contribution in [0.4, 0.5) is 0 Å². The molecule has 1 aliphatic heterocycles. The minimum absolute atomic E-state index is 0.0455. The van der Waals surface area contributed by atoms with Crippen LogP contribution in [-0.2, 0) is 10.8 Å². The predicted octanol–water partition coefficient (Wildman–Crippen LogP) is 4.43. The summed E-state index contributed by atoms with van der Waals surface area (Å²) >= 11 is 0. The van der Waals surface area contributed by atoms with Gasteiger partial charge in [0.1, 0.15) is 11.5 Å². The molecule has 0 spiro atoms. The van der Waals surface area contributed by atoms with Gasteiger partial charge in [-0.25, -0.2) is 4.99 Å². The number of fused-ring (bicyclic) bond motifs is 1. The van der Waals surface area contributed by atoms with E-state index in [1.54, 1.807) is 6.20 Å². The number of benzene rings is 1. The highest BCUT2D eigenvalue weighted by Gasteiger charge is 2.49. The smallest absolute Gasteiger partial charge is 0.134 e. The number of nitrogens with zero attached hydrogens (tertiary/aromatic N) is 2. The lowest BCUT2D eigenvalue weighted by Crippen LogP contribution is -2.46. The highest BCUT2D eigenvalue weighted by Crippen LogP contribution is 2.47. The Morgan fingerprint density at radius 1 is 1.07 bits per heavy atom. The number of nitrogens with two attached hydrogens (primary N) is 1. The molecule has 1 aromatic rings. The summed E-state index contributed by atoms with van der Waals surface area (Å²) in [5.41, 5.74) is 10.6. The average Bonchev–Trinajstić information content (AvgIpc) is 3.46. The minimum atomic E-state index is -0.0455. The molecule has 2 aliphatic carbocycles. The van der Waals surface area contributed by atoms with Gasteiger partial charge in [0.2, 0.25) is 0 Å². The van der Waals surface area contributed by atoms with Crippen molar-refractivity contribution in [3.05, 3.63) is 47.7 Å². The molecule has 4 nitrogen and oxygen atoms in total. The standard InChI is InChI=1S/C25H38N4/c1-6-27-22(28-25(13-14-25)29-15-9-19(26)10-16-29)18-7-8-20-21(17-18)24(4,5)12-11-23(20,2)3/h6-8,17,19H,1,9-16,26H2,2-5H3,(H,27,28). The molecule has 1 saturated carbocycles. The third-order valence-corrected chi connectivity index (χ3v) is 7.51. The summed E-state index contributed by atoms with van der Waals surface area (Å²) in [6.07, 6.45) is 8.62. The van der Waals surface area contributed by atoms with Gasteiger partial charge >= 0.3 is 0 Å². The van der Waals surface area contributed by atoms with Gasteiger partial charge in [-0.05, 0) is 72.7 Å². The highest BCUT2D eigenvalue weighted by molar-refractivity contribution is 6.00. The van der Waals surface area contributed by atoms with Crippen LogP contribution in [0.15, 0.2) is 36.0 Å². The maximum Gasteiger partial charge on any atom is 0.134 e. The van der Waals surface area contributed by atoms with Crippen molar-refractivity contribution in [2.24, 2.45) is 10.7 Å². The number of rotatable bonds is 4. The van der Waals surface area contributed by atoms with Gasteiger partial charge in [0, 0.05) is 24.7 Å². The molecule has 3 N–H and O–H groups in total. The second-order valence-electron chi connectivity index (χ2n) is 10.6. The first-order valence-corrected chi connectivity index (χ1v) is 11.3. The Kier molecular flexibility index (Phi) is 5.15. The quantitative estimate of drug-likeness (QED) is 0.587. The van der Waals surface area contributed by atoms with Crippen molar-refractivity contribution in [3.63, 3.8) is 0 Å². The molecule has 2 fully saturated rings. The highest BCUT2D eigenvalue weighted by atomic mass is 15.3. The Hall–Kier alpha value is -1.65. The maximum atomic E-state index is 6.12. The molecule has 29 heavy (non-hydrogen) atoms. The molecule has 0 aromatic heterocycles. The fourth-order valence-corrected chi connectivity index (χ4v) is 5.15. The maximum absolute atomic E-state index is 6.12. The molecule has 4 heteroatoms. The van der Waals surface area contributed by atoms with E-state index >= 15 is 0 Å². The van der Waals surface area contributed by atoms with Crippen LogP contribution in [0.25, 0.3) is 0 Å². The van der Waals surface area contributed by atoms with Crippen LogP contribution in [0.1, 0.15) is 82.9 Å². The molecule has 0 radical (unpaired) electrons. The number of likely N-dealkylation sites (tertiary alicyclic amines) is 1. The predicted molar refractivity (Wildman–Crippen MR) is 122 cm³/mol. The number of hydrogen-bond donors (Lipinski definition) is 2. The molecule has 3 aliphatic rings. The van der Waals surface area contributed by atoms with E-state index in [9.17, 15) is 0 Å². The first kappa shape index (κ1) is 20.6. The van der Waals surface area contributed by atoms with E-state index in [0.29, 0.717) is 6.04 Å². The second-order valence-corrected chi connectivity index (χ2v) is 10.6. The summed E-state index contributed by atoms with van der Waals surface area (Å²) in [5, 5.41) is 3.36. The van der Waals surface area contributed by atoms with Crippen molar-refractivity contribution in [1.82, 2.24) is 10.2 Å². The van der Waals surface area contributed by atoms with Gasteiger partial charge < -0.3 is 11.1 Å². The fraction of sp³-hybridized carbons (Fsp3) is 0.640. The molecule has 0 atom stereocenters. The number of aliphatic imine (C=N–C) groups is 1. The molecule has 1 saturated heterocycles. The fourth-order valence-electron chi connectivity index (χ4n) is 5.15. The summed E-state index contributed by atoms with van der Waals surface area (Å²) in [6.45, 7) is 15.5. The molecule has 158 valence electrons. The zero-order valence-corrected chi connectivity index (χ0v) is 18.7. The Morgan fingerprint density at radius 2 is 1.69 bits per heavy atom.